The number of hydrogen-bond donors (Lipinski definition) is 4. The monoisotopic (exact) mass is 729 g/mol. The van der Waals surface area contributed by atoms with Crippen LogP contribution in [-0.2, 0) is 39.9 Å². The maximum atomic E-state index is 14.2. The maximum absolute atomic E-state index is 14.2. The molecule has 0 spiro atoms. The van der Waals surface area contributed by atoms with E-state index in [0.717, 1.165) is 24.9 Å². The van der Waals surface area contributed by atoms with E-state index in [2.05, 4.69) is 16.0 Å². The van der Waals surface area contributed by atoms with Crippen molar-refractivity contribution in [3.05, 3.63) is 35.9 Å². The number of likely N-dealkylation sites (N-methyl/N-ethyl adjacent to an activating group) is 1. The molecule has 52 heavy (non-hydrogen) atoms. The van der Waals surface area contributed by atoms with Gasteiger partial charge in [-0.05, 0) is 56.6 Å². The van der Waals surface area contributed by atoms with Crippen LogP contribution in [0, 0.1) is 17.8 Å². The molecule has 1 aromatic carbocycles. The van der Waals surface area contributed by atoms with Gasteiger partial charge < -0.3 is 40.3 Å². The van der Waals surface area contributed by atoms with E-state index in [-0.39, 0.29) is 42.4 Å². The highest BCUT2D eigenvalue weighted by Gasteiger charge is 2.44. The van der Waals surface area contributed by atoms with Gasteiger partial charge in [-0.1, -0.05) is 71.4 Å². The summed E-state index contributed by atoms with van der Waals surface area (Å²) < 4.78 is 11.8. The summed E-state index contributed by atoms with van der Waals surface area (Å²) >= 11 is 0. The van der Waals surface area contributed by atoms with E-state index in [1.807, 2.05) is 65.0 Å². The molecule has 0 bridgehead atoms. The largest absolute Gasteiger partial charge is 0.480 e. The van der Waals surface area contributed by atoms with Crippen molar-refractivity contribution >= 4 is 29.6 Å². The van der Waals surface area contributed by atoms with Crippen molar-refractivity contribution < 1.29 is 38.6 Å². The zero-order valence-corrected chi connectivity index (χ0v) is 32.6. The number of hydrogen-bond acceptors (Lipinski definition) is 8. The first-order chi connectivity index (χ1) is 24.6. The van der Waals surface area contributed by atoms with Crippen molar-refractivity contribution in [2.75, 3.05) is 34.4 Å². The number of benzene rings is 1. The summed E-state index contributed by atoms with van der Waals surface area (Å²) in [4.78, 5) is 70.5. The molecule has 0 radical (unpaired) electrons. The van der Waals surface area contributed by atoms with Gasteiger partial charge in [-0.15, -0.1) is 0 Å². The van der Waals surface area contributed by atoms with Crippen molar-refractivity contribution in [2.45, 2.75) is 128 Å². The molecule has 3 rings (SSSR count). The first-order valence-electron chi connectivity index (χ1n) is 18.8. The zero-order chi connectivity index (χ0) is 38.7. The molecule has 0 aliphatic carbocycles. The molecule has 1 aromatic rings. The smallest absolute Gasteiger partial charge is 0.326 e. The van der Waals surface area contributed by atoms with Crippen LogP contribution in [0.15, 0.2) is 30.3 Å². The van der Waals surface area contributed by atoms with Gasteiger partial charge in [0.1, 0.15) is 12.1 Å². The Morgan fingerprint density at radius 1 is 1.04 bits per heavy atom. The van der Waals surface area contributed by atoms with Crippen LogP contribution >= 0.6 is 0 Å². The summed E-state index contributed by atoms with van der Waals surface area (Å²) in [6, 6.07) is 6.34. The van der Waals surface area contributed by atoms with Gasteiger partial charge in [-0.3, -0.25) is 19.2 Å². The first kappa shape index (κ1) is 42.9. The molecule has 13 nitrogen and oxygen atoms in total. The predicted octanol–water partition coefficient (Wildman–Crippen LogP) is 3.00. The standard InChI is InChI=1S/C39H63N5O8/c1-10-25(4)33(43(7)36(47)32(24(2)3)42-38(50)39(6)19-15-20-40-39)30(51-8)23-31(45)44-21-14-18-29(44)34(52-9)26(5)35(46)41-28(37(48)49)22-27-16-12-11-13-17-27/h11-13,16-17,24-26,28-30,32-34,40H,10,14-15,18-23H2,1-9H3,(H,41,46)(H,42,50)(H,48,49)/t25-,26+,28-,29?,30+,32-,33-,34+,39-/m0/s1. The fraction of sp³-hybridized carbons (Fsp3) is 0.718. The Morgan fingerprint density at radius 3 is 2.25 bits per heavy atom. The van der Waals surface area contributed by atoms with Crippen molar-refractivity contribution in [3.63, 3.8) is 0 Å². The van der Waals surface area contributed by atoms with Gasteiger partial charge in [0.15, 0.2) is 0 Å². The summed E-state index contributed by atoms with van der Waals surface area (Å²) in [7, 11) is 4.76. The first-order valence-corrected chi connectivity index (χ1v) is 18.8. The van der Waals surface area contributed by atoms with E-state index in [0.29, 0.717) is 25.8 Å². The molecule has 0 saturated carbocycles. The van der Waals surface area contributed by atoms with E-state index in [9.17, 15) is 29.1 Å². The molecule has 1 unspecified atom stereocenters. The van der Waals surface area contributed by atoms with E-state index >= 15 is 0 Å². The van der Waals surface area contributed by atoms with Crippen molar-refractivity contribution in [2.24, 2.45) is 17.8 Å². The Labute approximate surface area is 309 Å². The molecule has 4 N–H and O–H groups in total. The third kappa shape index (κ3) is 10.5. The third-order valence-electron chi connectivity index (χ3n) is 11.2. The Balaban J connectivity index is 1.76. The molecular formula is C39H63N5O8. The lowest BCUT2D eigenvalue weighted by Crippen LogP contribution is -2.61. The van der Waals surface area contributed by atoms with Gasteiger partial charge in [0, 0.05) is 34.2 Å². The number of nitrogens with one attached hydrogen (secondary N) is 3. The van der Waals surface area contributed by atoms with Gasteiger partial charge >= 0.3 is 5.97 Å². The Hall–Kier alpha value is -3.55. The number of ether oxygens (including phenoxy) is 2. The minimum absolute atomic E-state index is 0.00447. The lowest BCUT2D eigenvalue weighted by atomic mass is 9.89. The molecule has 0 aromatic heterocycles. The molecule has 4 amide bonds. The highest BCUT2D eigenvalue weighted by molar-refractivity contribution is 5.92. The van der Waals surface area contributed by atoms with Gasteiger partial charge in [0.2, 0.25) is 23.6 Å². The second-order valence-electron chi connectivity index (χ2n) is 15.2. The third-order valence-corrected chi connectivity index (χ3v) is 11.2. The molecule has 2 aliphatic rings. The predicted molar refractivity (Wildman–Crippen MR) is 198 cm³/mol. The summed E-state index contributed by atoms with van der Waals surface area (Å²) in [5, 5.41) is 18.8. The average molecular weight is 730 g/mol. The van der Waals surface area contributed by atoms with Crippen LogP contribution in [0.3, 0.4) is 0 Å². The number of aliphatic carboxylic acids is 1. The van der Waals surface area contributed by atoms with Crippen molar-refractivity contribution in [1.82, 2.24) is 25.8 Å². The average Bonchev–Trinajstić information content (AvgIpc) is 3.80. The highest BCUT2D eigenvalue weighted by Crippen LogP contribution is 2.30. The van der Waals surface area contributed by atoms with E-state index in [1.165, 1.54) is 7.11 Å². The Kier molecular flexibility index (Phi) is 16.1. The normalized spacial score (nSPS) is 22.9. The van der Waals surface area contributed by atoms with E-state index in [4.69, 9.17) is 9.47 Å². The number of rotatable bonds is 19. The number of carboxylic acids is 1. The van der Waals surface area contributed by atoms with Crippen molar-refractivity contribution in [3.8, 4) is 0 Å². The molecule has 2 aliphatic heterocycles. The molecule has 9 atom stereocenters. The Bertz CT molecular complexity index is 1350. The summed E-state index contributed by atoms with van der Waals surface area (Å²) in [5.41, 5.74) is 0.0588. The molecule has 292 valence electrons. The number of carbonyl (C=O) groups is 5. The SMILES string of the molecule is CC[C@H](C)[C@@H]([C@@H](CC(=O)N1CCCC1[C@H](OC)[C@@H](C)C(=O)N[C@@H](Cc1ccccc1)C(=O)O)OC)N(C)C(=O)[C@@H](NC(=O)[C@]1(C)CCCN1)C(C)C. The topological polar surface area (TPSA) is 167 Å². The Morgan fingerprint density at radius 2 is 1.71 bits per heavy atom. The minimum Gasteiger partial charge on any atom is -0.480 e. The van der Waals surface area contributed by atoms with Crippen molar-refractivity contribution in [1.29, 1.82) is 0 Å². The number of nitrogens with zero attached hydrogens (tertiary/aromatic N) is 2. The molecule has 13 heteroatoms. The van der Waals surface area contributed by atoms with Crippen LogP contribution in [0.5, 0.6) is 0 Å². The summed E-state index contributed by atoms with van der Waals surface area (Å²) in [5.74, 6) is -3.19. The van der Waals surface area contributed by atoms with E-state index in [1.54, 1.807) is 30.9 Å². The zero-order valence-electron chi connectivity index (χ0n) is 32.6. The number of carboxylic acid groups (broad SMARTS) is 1. The van der Waals surface area contributed by atoms with E-state index < -0.39 is 59.7 Å². The van der Waals surface area contributed by atoms with Gasteiger partial charge in [0.05, 0.1) is 42.2 Å². The van der Waals surface area contributed by atoms with Crippen LogP contribution in [0.4, 0.5) is 0 Å². The summed E-state index contributed by atoms with van der Waals surface area (Å²) in [6.45, 7) is 12.6. The van der Waals surface area contributed by atoms with Crippen LogP contribution in [0.1, 0.15) is 85.6 Å². The lowest BCUT2D eigenvalue weighted by Gasteiger charge is -2.41. The van der Waals surface area contributed by atoms with Crippen LogP contribution in [0.2, 0.25) is 0 Å². The molecule has 2 heterocycles. The lowest BCUT2D eigenvalue weighted by molar-refractivity contribution is -0.148. The second kappa shape index (κ2) is 19.5. The van der Waals surface area contributed by atoms with Crippen LogP contribution < -0.4 is 16.0 Å². The molecule has 2 saturated heterocycles. The highest BCUT2D eigenvalue weighted by atomic mass is 16.5. The number of methoxy groups -OCH3 is 2. The fourth-order valence-electron chi connectivity index (χ4n) is 7.78. The second-order valence-corrected chi connectivity index (χ2v) is 15.2. The van der Waals surface area contributed by atoms with Gasteiger partial charge in [-0.2, -0.15) is 0 Å². The molecular weight excluding hydrogens is 666 g/mol. The fourth-order valence-corrected chi connectivity index (χ4v) is 7.78. The molecule has 2 fully saturated rings. The quantitative estimate of drug-likeness (QED) is 0.168. The number of carbonyl (C=O) groups excluding carboxylic acids is 4. The van der Waals surface area contributed by atoms with Gasteiger partial charge in [0.25, 0.3) is 0 Å². The van der Waals surface area contributed by atoms with Crippen LogP contribution in [0.25, 0.3) is 0 Å². The number of likely N-dealkylation sites (tertiary alicyclic amines) is 1. The maximum Gasteiger partial charge on any atom is 0.326 e. The minimum atomic E-state index is -1.14. The number of amides is 4. The van der Waals surface area contributed by atoms with Crippen LogP contribution in [-0.4, -0.2) is 121 Å². The summed E-state index contributed by atoms with van der Waals surface area (Å²) in [6.07, 6.45) is 2.43. The van der Waals surface area contributed by atoms with Gasteiger partial charge in [-0.25, -0.2) is 4.79 Å².